The molecule has 0 saturated carbocycles. The number of rotatable bonds is 14. The van der Waals surface area contributed by atoms with E-state index in [1.54, 1.807) is 27.7 Å². The Bertz CT molecular complexity index is 391. The van der Waals surface area contributed by atoms with Crippen molar-refractivity contribution in [3.63, 3.8) is 0 Å². The van der Waals surface area contributed by atoms with E-state index in [0.29, 0.717) is 12.8 Å². The lowest BCUT2D eigenvalue weighted by Gasteiger charge is -2.27. The van der Waals surface area contributed by atoms with Crippen molar-refractivity contribution < 1.29 is 23.2 Å². The second-order valence-corrected chi connectivity index (χ2v) is 8.14. The molecular weight excluding hydrogens is 327 g/mol. The summed E-state index contributed by atoms with van der Waals surface area (Å²) in [5, 5.41) is 0. The molecule has 0 atom stereocenters. The summed E-state index contributed by atoms with van der Waals surface area (Å²) in [4.78, 5) is 24.4. The molecule has 0 saturated heterocycles. The summed E-state index contributed by atoms with van der Waals surface area (Å²) in [6.45, 7) is 10.5. The molecule has 0 N–H and O–H groups in total. The molecule has 0 amide bonds. The summed E-state index contributed by atoms with van der Waals surface area (Å²) in [5.74, 6) is -0.185. The Morgan fingerprint density at radius 3 is 1.38 bits per heavy atom. The zero-order chi connectivity index (χ0) is 18.8. The van der Waals surface area contributed by atoms with Crippen LogP contribution in [0.25, 0.3) is 0 Å². The van der Waals surface area contributed by atoms with Gasteiger partial charge in [0.2, 0.25) is 0 Å². The third-order valence-corrected chi connectivity index (χ3v) is 5.39. The van der Waals surface area contributed by atoms with Gasteiger partial charge in [-0.25, -0.2) is 0 Å². The van der Waals surface area contributed by atoms with Crippen molar-refractivity contribution in [2.75, 3.05) is 0 Å². The molecule has 0 fully saturated rings. The van der Waals surface area contributed by atoms with Crippen LogP contribution in [0, 0.1) is 0 Å². The fraction of sp³-hybridized carbons (Fsp3) is 0.889. The highest BCUT2D eigenvalue weighted by Crippen LogP contribution is 2.37. The zero-order valence-corrected chi connectivity index (χ0v) is 17.2. The first-order valence-corrected chi connectivity index (χ1v) is 10.3. The van der Waals surface area contributed by atoms with Gasteiger partial charge < -0.3 is 0 Å². The summed E-state index contributed by atoms with van der Waals surface area (Å²) >= 11 is 0. The van der Waals surface area contributed by atoms with E-state index in [2.05, 4.69) is 13.8 Å². The normalized spacial score (nSPS) is 12.6. The smallest absolute Gasteiger partial charge is 0.297 e. The summed E-state index contributed by atoms with van der Waals surface area (Å²) in [6.07, 6.45) is 6.41. The van der Waals surface area contributed by atoms with Crippen molar-refractivity contribution in [3.8, 4) is 0 Å². The van der Waals surface area contributed by atoms with Crippen molar-refractivity contribution in [3.05, 3.63) is 0 Å². The fourth-order valence-electron chi connectivity index (χ4n) is 2.22. The van der Waals surface area contributed by atoms with Crippen LogP contribution in [0.3, 0.4) is 0 Å². The number of hydrogen-bond acceptors (Lipinski definition) is 5. The molecule has 5 nitrogen and oxygen atoms in total. The van der Waals surface area contributed by atoms with E-state index in [1.165, 1.54) is 0 Å². The van der Waals surface area contributed by atoms with E-state index < -0.39 is 19.5 Å². The Hall–Kier alpha value is -0.510. The summed E-state index contributed by atoms with van der Waals surface area (Å²) in [7, 11) is -2.94. The molecule has 0 aliphatic rings. The Morgan fingerprint density at radius 2 is 1.08 bits per heavy atom. The first kappa shape index (κ1) is 23.5. The number of unbranched alkanes of at least 4 members (excludes halogenated alkanes) is 4. The first-order valence-electron chi connectivity index (χ1n) is 9.05. The summed E-state index contributed by atoms with van der Waals surface area (Å²) in [5.41, 5.74) is -2.32. The van der Waals surface area contributed by atoms with E-state index in [4.69, 9.17) is 9.05 Å². The molecule has 0 rings (SSSR count). The number of carbonyl (C=O) groups is 2. The number of Topliss-reactive ketones (excluding diaryl/α,β-unsaturated/α-hetero) is 2. The molecular formula is C18H35O5P. The van der Waals surface area contributed by atoms with Gasteiger partial charge in [0, 0.05) is 12.8 Å². The van der Waals surface area contributed by atoms with Gasteiger partial charge in [0.15, 0.2) is 11.6 Å². The zero-order valence-electron chi connectivity index (χ0n) is 16.2. The van der Waals surface area contributed by atoms with Crippen molar-refractivity contribution >= 4 is 19.8 Å². The molecule has 0 aliphatic heterocycles. The van der Waals surface area contributed by atoms with Crippen LogP contribution < -0.4 is 0 Å². The maximum Gasteiger partial charge on any atom is 0.321 e. The lowest BCUT2D eigenvalue weighted by molar-refractivity contribution is -0.135. The maximum absolute atomic E-state index is 12.2. The monoisotopic (exact) mass is 362 g/mol. The minimum atomic E-state index is -2.94. The minimum absolute atomic E-state index is 0.0926. The molecule has 0 unspecified atom stereocenters. The average molecular weight is 362 g/mol. The van der Waals surface area contributed by atoms with Gasteiger partial charge in [-0.15, -0.1) is 0 Å². The number of ketones is 2. The molecule has 0 spiro atoms. The third kappa shape index (κ3) is 9.10. The van der Waals surface area contributed by atoms with Crippen LogP contribution in [-0.2, 0) is 23.2 Å². The SMILES string of the molecule is CCCCCC(=O)C(C)(C)O[PH](=O)OC(C)(C)C(=O)CCCCC. The highest BCUT2D eigenvalue weighted by Gasteiger charge is 2.35. The van der Waals surface area contributed by atoms with Gasteiger partial charge in [-0.3, -0.25) is 23.2 Å². The van der Waals surface area contributed by atoms with Gasteiger partial charge in [-0.2, -0.15) is 0 Å². The van der Waals surface area contributed by atoms with Gasteiger partial charge in [0.1, 0.15) is 11.2 Å². The Morgan fingerprint density at radius 1 is 0.750 bits per heavy atom. The van der Waals surface area contributed by atoms with Gasteiger partial charge in [-0.1, -0.05) is 39.5 Å². The summed E-state index contributed by atoms with van der Waals surface area (Å²) < 4.78 is 22.9. The van der Waals surface area contributed by atoms with E-state index in [9.17, 15) is 14.2 Å². The van der Waals surface area contributed by atoms with Crippen LogP contribution in [-0.4, -0.2) is 22.8 Å². The molecule has 0 bridgehead atoms. The quantitative estimate of drug-likeness (QED) is 0.311. The van der Waals surface area contributed by atoms with Gasteiger partial charge in [0.05, 0.1) is 0 Å². The van der Waals surface area contributed by atoms with Crippen molar-refractivity contribution in [1.29, 1.82) is 0 Å². The second kappa shape index (κ2) is 11.2. The van der Waals surface area contributed by atoms with E-state index in [-0.39, 0.29) is 11.6 Å². The molecule has 142 valence electrons. The molecule has 24 heavy (non-hydrogen) atoms. The van der Waals surface area contributed by atoms with E-state index in [1.807, 2.05) is 0 Å². The Balaban J connectivity index is 4.52. The topological polar surface area (TPSA) is 69.7 Å². The van der Waals surface area contributed by atoms with E-state index >= 15 is 0 Å². The number of carbonyl (C=O) groups excluding carboxylic acids is 2. The lowest BCUT2D eigenvalue weighted by Crippen LogP contribution is -2.36. The third-order valence-electron chi connectivity index (χ3n) is 4.03. The molecule has 0 aromatic carbocycles. The largest absolute Gasteiger partial charge is 0.321 e. The Kier molecular flexibility index (Phi) is 10.9. The summed E-state index contributed by atoms with van der Waals surface area (Å²) in [6, 6.07) is 0. The van der Waals surface area contributed by atoms with Gasteiger partial charge in [0.25, 0.3) is 0 Å². The molecule has 0 aliphatic carbocycles. The van der Waals surface area contributed by atoms with Crippen LogP contribution in [0.4, 0.5) is 0 Å². The van der Waals surface area contributed by atoms with Gasteiger partial charge >= 0.3 is 8.25 Å². The standard InChI is InChI=1S/C18H35O5P/c1-7-9-11-13-15(19)17(3,4)22-24(21)23-18(5,6)16(20)14-12-10-8-2/h24H,7-14H2,1-6H3. The molecule has 0 heterocycles. The Labute approximate surface area is 147 Å². The van der Waals surface area contributed by atoms with Crippen LogP contribution in [0.2, 0.25) is 0 Å². The van der Waals surface area contributed by atoms with Crippen molar-refractivity contribution in [1.82, 2.24) is 0 Å². The minimum Gasteiger partial charge on any atom is -0.297 e. The predicted molar refractivity (Wildman–Crippen MR) is 97.6 cm³/mol. The van der Waals surface area contributed by atoms with Crippen molar-refractivity contribution in [2.45, 2.75) is 104 Å². The highest BCUT2D eigenvalue weighted by atomic mass is 31.1. The van der Waals surface area contributed by atoms with Crippen LogP contribution in [0.5, 0.6) is 0 Å². The van der Waals surface area contributed by atoms with Crippen molar-refractivity contribution in [2.24, 2.45) is 0 Å². The lowest BCUT2D eigenvalue weighted by atomic mass is 9.99. The molecule has 0 radical (unpaired) electrons. The second-order valence-electron chi connectivity index (χ2n) is 7.24. The van der Waals surface area contributed by atoms with Crippen LogP contribution in [0.15, 0.2) is 0 Å². The van der Waals surface area contributed by atoms with Crippen LogP contribution >= 0.6 is 8.25 Å². The highest BCUT2D eigenvalue weighted by molar-refractivity contribution is 7.33. The maximum atomic E-state index is 12.2. The average Bonchev–Trinajstić information content (AvgIpc) is 2.46. The molecule has 0 aromatic heterocycles. The fourth-order valence-corrected chi connectivity index (χ4v) is 3.33. The molecule has 6 heteroatoms. The van der Waals surface area contributed by atoms with E-state index in [0.717, 1.165) is 38.5 Å². The molecule has 0 aromatic rings. The van der Waals surface area contributed by atoms with Crippen LogP contribution in [0.1, 0.15) is 92.9 Å². The first-order chi connectivity index (χ1) is 11.1. The predicted octanol–water partition coefficient (Wildman–Crippen LogP) is 5.27. The number of hydrogen-bond donors (Lipinski definition) is 0. The van der Waals surface area contributed by atoms with Gasteiger partial charge in [-0.05, 0) is 40.5 Å².